The predicted molar refractivity (Wildman–Crippen MR) is 84.7 cm³/mol. The van der Waals surface area contributed by atoms with E-state index in [0.29, 0.717) is 0 Å². The Morgan fingerprint density at radius 3 is 2.53 bits per heavy atom. The molecule has 0 atom stereocenters. The van der Waals surface area contributed by atoms with Crippen LogP contribution in [-0.2, 0) is 0 Å². The fourth-order valence-corrected chi connectivity index (χ4v) is 3.10. The Morgan fingerprint density at radius 1 is 1.21 bits per heavy atom. The van der Waals surface area contributed by atoms with Crippen molar-refractivity contribution in [3.05, 3.63) is 29.0 Å². The van der Waals surface area contributed by atoms with Gasteiger partial charge in [-0.15, -0.1) is 0 Å². The lowest BCUT2D eigenvalue weighted by Gasteiger charge is -2.33. The van der Waals surface area contributed by atoms with Gasteiger partial charge < -0.3 is 5.32 Å². The van der Waals surface area contributed by atoms with Crippen LogP contribution in [0, 0.1) is 5.41 Å². The van der Waals surface area contributed by atoms with Crippen molar-refractivity contribution in [2.75, 3.05) is 5.32 Å². The van der Waals surface area contributed by atoms with Crippen LogP contribution in [0.1, 0.15) is 41.0 Å². The number of nitrogens with one attached hydrogen (secondary N) is 1. The molecular formula is C15H22BrN3. The van der Waals surface area contributed by atoms with Crippen LogP contribution in [0.5, 0.6) is 0 Å². The number of pyridine rings is 1. The van der Waals surface area contributed by atoms with Crippen LogP contribution in [0.4, 0.5) is 5.82 Å². The smallest absolute Gasteiger partial charge is 0.138 e. The molecule has 104 valence electrons. The van der Waals surface area contributed by atoms with Crippen molar-refractivity contribution < 1.29 is 0 Å². The zero-order valence-electron chi connectivity index (χ0n) is 12.3. The molecule has 2 heterocycles. The van der Waals surface area contributed by atoms with Gasteiger partial charge in [-0.25, -0.2) is 4.98 Å². The third-order valence-corrected chi connectivity index (χ3v) is 3.38. The Balaban J connectivity index is 2.28. The first-order valence-corrected chi connectivity index (χ1v) is 7.36. The molecule has 2 rings (SSSR count). The molecule has 2 aromatic heterocycles. The molecular weight excluding hydrogens is 302 g/mol. The average Bonchev–Trinajstić information content (AvgIpc) is 2.56. The summed E-state index contributed by atoms with van der Waals surface area (Å²) in [6.07, 6.45) is 5.02. The molecule has 0 spiro atoms. The van der Waals surface area contributed by atoms with E-state index < -0.39 is 0 Å². The van der Waals surface area contributed by atoms with Gasteiger partial charge in [0.1, 0.15) is 11.5 Å². The zero-order chi connectivity index (χ0) is 14.3. The zero-order valence-corrected chi connectivity index (χ0v) is 13.9. The van der Waals surface area contributed by atoms with Crippen LogP contribution in [0.15, 0.2) is 29.0 Å². The quantitative estimate of drug-likeness (QED) is 0.885. The molecule has 19 heavy (non-hydrogen) atoms. The molecule has 0 aliphatic heterocycles. The number of aromatic nitrogens is 2. The van der Waals surface area contributed by atoms with Gasteiger partial charge in [0.2, 0.25) is 0 Å². The molecule has 0 bridgehead atoms. The summed E-state index contributed by atoms with van der Waals surface area (Å²) in [6, 6.07) is 4.01. The van der Waals surface area contributed by atoms with E-state index >= 15 is 0 Å². The van der Waals surface area contributed by atoms with Gasteiger partial charge in [-0.3, -0.25) is 4.40 Å². The van der Waals surface area contributed by atoms with Gasteiger partial charge in [0, 0.05) is 16.2 Å². The third-order valence-electron chi connectivity index (χ3n) is 2.91. The summed E-state index contributed by atoms with van der Waals surface area (Å²) in [5.41, 5.74) is 1.27. The highest BCUT2D eigenvalue weighted by Gasteiger charge is 2.26. The Morgan fingerprint density at radius 2 is 1.89 bits per heavy atom. The SMILES string of the molecule is CC(C)(C)CC(C)(C)Nc1cnc2ccc(Br)cn12. The third kappa shape index (κ3) is 3.72. The minimum absolute atomic E-state index is 0.0243. The Hall–Kier alpha value is -1.03. The monoisotopic (exact) mass is 323 g/mol. The van der Waals surface area contributed by atoms with Gasteiger partial charge in [0.05, 0.1) is 6.20 Å². The van der Waals surface area contributed by atoms with E-state index in [4.69, 9.17) is 0 Å². The summed E-state index contributed by atoms with van der Waals surface area (Å²) in [5.74, 6) is 1.03. The van der Waals surface area contributed by atoms with Crippen molar-refractivity contribution in [1.29, 1.82) is 0 Å². The molecule has 2 aromatic rings. The van der Waals surface area contributed by atoms with Crippen molar-refractivity contribution in [3.63, 3.8) is 0 Å². The number of fused-ring (bicyclic) bond motifs is 1. The highest BCUT2D eigenvalue weighted by molar-refractivity contribution is 9.10. The minimum atomic E-state index is 0.0243. The highest BCUT2D eigenvalue weighted by Crippen LogP contribution is 2.30. The maximum Gasteiger partial charge on any atom is 0.138 e. The lowest BCUT2D eigenvalue weighted by atomic mass is 9.82. The predicted octanol–water partition coefficient (Wildman–Crippen LogP) is 4.72. The number of anilines is 1. The minimum Gasteiger partial charge on any atom is -0.365 e. The molecule has 0 unspecified atom stereocenters. The summed E-state index contributed by atoms with van der Waals surface area (Å²) in [7, 11) is 0. The average molecular weight is 324 g/mol. The normalized spacial score (nSPS) is 12.9. The van der Waals surface area contributed by atoms with Gasteiger partial charge in [0.15, 0.2) is 0 Å². The van der Waals surface area contributed by atoms with E-state index in [-0.39, 0.29) is 11.0 Å². The van der Waals surface area contributed by atoms with E-state index in [1.165, 1.54) is 0 Å². The van der Waals surface area contributed by atoms with Gasteiger partial charge in [-0.1, -0.05) is 20.8 Å². The Bertz CT molecular complexity index is 579. The van der Waals surface area contributed by atoms with Gasteiger partial charge in [-0.05, 0) is 53.7 Å². The van der Waals surface area contributed by atoms with Crippen LogP contribution >= 0.6 is 15.9 Å². The highest BCUT2D eigenvalue weighted by atomic mass is 79.9. The summed E-state index contributed by atoms with van der Waals surface area (Å²) < 4.78 is 3.13. The number of hydrogen-bond acceptors (Lipinski definition) is 2. The number of nitrogens with zero attached hydrogens (tertiary/aromatic N) is 2. The Labute approximate surface area is 123 Å². The molecule has 0 saturated carbocycles. The fourth-order valence-electron chi connectivity index (χ4n) is 2.76. The second-order valence-corrected chi connectivity index (χ2v) is 7.88. The molecule has 3 nitrogen and oxygen atoms in total. The maximum absolute atomic E-state index is 4.42. The first-order chi connectivity index (χ1) is 8.66. The molecule has 0 radical (unpaired) electrons. The molecule has 4 heteroatoms. The standard InChI is InChI=1S/C15H22BrN3/c1-14(2,3)10-15(4,5)18-13-8-17-12-7-6-11(16)9-19(12)13/h6-9,18H,10H2,1-5H3. The summed E-state index contributed by atoms with van der Waals surface area (Å²) >= 11 is 3.50. The van der Waals surface area contributed by atoms with E-state index in [2.05, 4.69) is 65.3 Å². The molecule has 1 N–H and O–H groups in total. The lowest BCUT2D eigenvalue weighted by Crippen LogP contribution is -2.35. The van der Waals surface area contributed by atoms with Crippen molar-refractivity contribution in [3.8, 4) is 0 Å². The maximum atomic E-state index is 4.42. The van der Waals surface area contributed by atoms with E-state index in [1.54, 1.807) is 0 Å². The first-order valence-electron chi connectivity index (χ1n) is 6.57. The molecule has 0 aliphatic rings. The van der Waals surface area contributed by atoms with Crippen LogP contribution in [0.3, 0.4) is 0 Å². The van der Waals surface area contributed by atoms with Crippen molar-refractivity contribution in [1.82, 2.24) is 9.38 Å². The lowest BCUT2D eigenvalue weighted by molar-refractivity contribution is 0.302. The van der Waals surface area contributed by atoms with Crippen molar-refractivity contribution in [2.45, 2.75) is 46.6 Å². The fraction of sp³-hybridized carbons (Fsp3) is 0.533. The summed E-state index contributed by atoms with van der Waals surface area (Å²) in [4.78, 5) is 4.42. The molecule has 0 aromatic carbocycles. The molecule has 0 aliphatic carbocycles. The summed E-state index contributed by atoms with van der Waals surface area (Å²) in [6.45, 7) is 11.3. The molecule has 0 amide bonds. The van der Waals surface area contributed by atoms with Gasteiger partial charge in [-0.2, -0.15) is 0 Å². The molecule has 0 saturated heterocycles. The van der Waals surface area contributed by atoms with Crippen LogP contribution in [0.25, 0.3) is 5.65 Å². The van der Waals surface area contributed by atoms with Gasteiger partial charge >= 0.3 is 0 Å². The number of halogens is 1. The van der Waals surface area contributed by atoms with E-state index in [1.807, 2.05) is 24.5 Å². The van der Waals surface area contributed by atoms with Crippen LogP contribution in [-0.4, -0.2) is 14.9 Å². The van der Waals surface area contributed by atoms with Crippen molar-refractivity contribution in [2.24, 2.45) is 5.41 Å². The summed E-state index contributed by atoms with van der Waals surface area (Å²) in [5, 5.41) is 3.60. The second-order valence-electron chi connectivity index (χ2n) is 6.97. The van der Waals surface area contributed by atoms with E-state index in [9.17, 15) is 0 Å². The Kier molecular flexibility index (Phi) is 3.65. The topological polar surface area (TPSA) is 29.3 Å². The van der Waals surface area contributed by atoms with Crippen LogP contribution in [0.2, 0.25) is 0 Å². The second kappa shape index (κ2) is 4.82. The number of imidazole rings is 1. The van der Waals surface area contributed by atoms with E-state index in [0.717, 1.165) is 22.4 Å². The number of rotatable bonds is 3. The number of hydrogen-bond donors (Lipinski definition) is 1. The van der Waals surface area contributed by atoms with Crippen molar-refractivity contribution >= 4 is 27.4 Å². The largest absolute Gasteiger partial charge is 0.365 e. The molecule has 0 fully saturated rings. The van der Waals surface area contributed by atoms with Gasteiger partial charge in [0.25, 0.3) is 0 Å². The van der Waals surface area contributed by atoms with Crippen LogP contribution < -0.4 is 5.32 Å². The first kappa shape index (κ1) is 14.4.